The van der Waals surface area contributed by atoms with Gasteiger partial charge in [-0.05, 0) is 49.7 Å². The van der Waals surface area contributed by atoms with Gasteiger partial charge in [0.25, 0.3) is 0 Å². The van der Waals surface area contributed by atoms with Gasteiger partial charge in [0.1, 0.15) is 11.6 Å². The van der Waals surface area contributed by atoms with E-state index in [1.54, 1.807) is 19.1 Å². The van der Waals surface area contributed by atoms with E-state index in [0.29, 0.717) is 10.5 Å². The number of hydrogen-bond acceptors (Lipinski definition) is 3. The van der Waals surface area contributed by atoms with Crippen molar-refractivity contribution in [2.24, 2.45) is 0 Å². The average molecular weight is 364 g/mol. The lowest BCUT2D eigenvalue weighted by molar-refractivity contribution is -0.115. The Kier molecular flexibility index (Phi) is 5.81. The third-order valence-corrected chi connectivity index (χ3v) is 5.49. The number of anilines is 1. The third kappa shape index (κ3) is 4.80. The summed E-state index contributed by atoms with van der Waals surface area (Å²) in [4.78, 5) is 23.6. The molecule has 2 aromatic carbocycles. The molecule has 0 spiro atoms. The number of carbonyl (C=O) groups excluding carboxylic acids is 2. The van der Waals surface area contributed by atoms with Gasteiger partial charge in [0.15, 0.2) is 10.7 Å². The van der Waals surface area contributed by atoms with Crippen LogP contribution in [0.4, 0.5) is 10.1 Å². The smallest absolute Gasteiger partial charge is 0.247 e. The summed E-state index contributed by atoms with van der Waals surface area (Å²) in [5, 5.41) is 2.45. The van der Waals surface area contributed by atoms with E-state index in [9.17, 15) is 22.7 Å². The Morgan fingerprint density at radius 1 is 1.16 bits per heavy atom. The number of rotatable bonds is 6. The molecule has 0 bridgehead atoms. The maximum absolute atomic E-state index is 13.9. The highest BCUT2D eigenvalue weighted by atomic mass is 32.3. The fraction of sp³-hybridized carbons (Fsp3) is 0.222. The highest BCUT2D eigenvalue weighted by Crippen LogP contribution is 2.19. The summed E-state index contributed by atoms with van der Waals surface area (Å²) >= 11 is 0. The summed E-state index contributed by atoms with van der Waals surface area (Å²) < 4.78 is 35.5. The fourth-order valence-corrected chi connectivity index (χ4v) is 3.10. The third-order valence-electron chi connectivity index (χ3n) is 3.70. The van der Waals surface area contributed by atoms with Gasteiger partial charge in [-0.1, -0.05) is 16.3 Å². The van der Waals surface area contributed by atoms with Crippen molar-refractivity contribution in [3.8, 4) is 0 Å². The fourth-order valence-electron chi connectivity index (χ4n) is 2.20. The lowest BCUT2D eigenvalue weighted by Gasteiger charge is -2.08. The van der Waals surface area contributed by atoms with Gasteiger partial charge in [-0.3, -0.25) is 9.59 Å². The number of ketones is 1. The van der Waals surface area contributed by atoms with Gasteiger partial charge in [0.05, 0.1) is 12.1 Å². The first kappa shape index (κ1) is 19.0. The Morgan fingerprint density at radius 3 is 2.32 bits per heavy atom. The van der Waals surface area contributed by atoms with Crippen LogP contribution in [0.3, 0.4) is 0 Å². The van der Waals surface area contributed by atoms with E-state index in [4.69, 9.17) is 0 Å². The summed E-state index contributed by atoms with van der Waals surface area (Å²) in [5.41, 5.74) is 0.860. The molecule has 1 atom stereocenters. The van der Waals surface area contributed by atoms with Crippen LogP contribution in [0.1, 0.15) is 29.8 Å². The van der Waals surface area contributed by atoms with E-state index in [2.05, 4.69) is 5.32 Å². The zero-order valence-electron chi connectivity index (χ0n) is 13.9. The summed E-state index contributed by atoms with van der Waals surface area (Å²) in [6.07, 6.45) is -0.00702. The standard InChI is InChI=1S/C18H18FNO4S/c1-3-25(23,24)15-7-4-13(5-8-15)10-18(22)20-17-9-6-14(12(2)21)11-16(17)19/h4-9,11H,3,10H2,1-2H3,(H-,20,21,22,23,24)/p+1. The Balaban J connectivity index is 2.05. The van der Waals surface area contributed by atoms with Gasteiger partial charge in [0, 0.05) is 5.56 Å². The second-order valence-electron chi connectivity index (χ2n) is 5.55. The van der Waals surface area contributed by atoms with Crippen LogP contribution in [0.15, 0.2) is 47.4 Å². The molecule has 25 heavy (non-hydrogen) atoms. The minimum absolute atomic E-state index is 0.00372. The van der Waals surface area contributed by atoms with Gasteiger partial charge in [0.2, 0.25) is 16.1 Å². The molecule has 0 fully saturated rings. The second kappa shape index (κ2) is 7.67. The van der Waals surface area contributed by atoms with E-state index in [1.165, 1.54) is 31.2 Å². The van der Waals surface area contributed by atoms with Crippen LogP contribution in [-0.4, -0.2) is 22.0 Å². The molecule has 0 radical (unpaired) electrons. The predicted octanol–water partition coefficient (Wildman–Crippen LogP) is 3.56. The van der Waals surface area contributed by atoms with E-state index < -0.39 is 21.9 Å². The quantitative estimate of drug-likeness (QED) is 0.606. The van der Waals surface area contributed by atoms with Crippen LogP contribution in [0.25, 0.3) is 0 Å². The first-order valence-electron chi connectivity index (χ1n) is 7.66. The van der Waals surface area contributed by atoms with E-state index in [-0.39, 0.29) is 29.2 Å². The molecule has 132 valence electrons. The molecule has 2 N–H and O–H groups in total. The highest BCUT2D eigenvalue weighted by molar-refractivity contribution is 7.97. The van der Waals surface area contributed by atoms with Crippen molar-refractivity contribution in [3.63, 3.8) is 0 Å². The topological polar surface area (TPSA) is 83.5 Å². The monoisotopic (exact) mass is 364 g/mol. The van der Waals surface area contributed by atoms with Gasteiger partial charge in [-0.2, -0.15) is 4.55 Å². The molecule has 0 saturated carbocycles. The van der Waals surface area contributed by atoms with E-state index >= 15 is 0 Å². The van der Waals surface area contributed by atoms with Crippen LogP contribution in [0.5, 0.6) is 0 Å². The number of Topliss-reactive ketones (excluding diaryl/α,β-unsaturated/α-hetero) is 1. The highest BCUT2D eigenvalue weighted by Gasteiger charge is 2.25. The molecule has 0 aliphatic heterocycles. The molecule has 0 aliphatic rings. The molecule has 1 unspecified atom stereocenters. The normalized spacial score (nSPS) is 13.1. The number of carbonyl (C=O) groups is 2. The van der Waals surface area contributed by atoms with Gasteiger partial charge >= 0.3 is 0 Å². The van der Waals surface area contributed by atoms with Gasteiger partial charge < -0.3 is 5.32 Å². The van der Waals surface area contributed by atoms with Crippen LogP contribution in [0, 0.1) is 5.82 Å². The van der Waals surface area contributed by atoms with Gasteiger partial charge in [-0.15, -0.1) is 0 Å². The zero-order valence-corrected chi connectivity index (χ0v) is 14.7. The SMILES string of the molecule is CC[S+](=O)(O)c1ccc(CC(=O)Nc2ccc(C(C)=O)cc2F)cc1. The number of nitrogens with one attached hydrogen (secondary N) is 1. The second-order valence-corrected chi connectivity index (χ2v) is 7.88. The summed E-state index contributed by atoms with van der Waals surface area (Å²) in [6, 6.07) is 10.1. The lowest BCUT2D eigenvalue weighted by Crippen LogP contribution is -2.16. The van der Waals surface area contributed by atoms with Gasteiger partial charge in [-0.25, -0.2) is 4.39 Å². The van der Waals surface area contributed by atoms with Crippen molar-refractivity contribution in [2.75, 3.05) is 11.1 Å². The summed E-state index contributed by atoms with van der Waals surface area (Å²) in [5.74, 6) is -1.26. The van der Waals surface area contributed by atoms with Crippen LogP contribution in [0.2, 0.25) is 0 Å². The molecule has 7 heteroatoms. The largest absolute Gasteiger partial charge is 0.323 e. The predicted molar refractivity (Wildman–Crippen MR) is 94.7 cm³/mol. The zero-order chi connectivity index (χ0) is 18.6. The average Bonchev–Trinajstić information content (AvgIpc) is 2.57. The number of hydrogen-bond donors (Lipinski definition) is 2. The molecule has 1 amide bonds. The van der Waals surface area contributed by atoms with Crippen molar-refractivity contribution in [1.29, 1.82) is 0 Å². The Morgan fingerprint density at radius 2 is 1.80 bits per heavy atom. The number of benzene rings is 2. The Labute approximate surface area is 146 Å². The van der Waals surface area contributed by atoms with Crippen molar-refractivity contribution in [2.45, 2.75) is 25.2 Å². The molecule has 0 heterocycles. The molecule has 0 saturated heterocycles. The van der Waals surface area contributed by atoms with E-state index in [0.717, 1.165) is 6.07 Å². The molecular formula is C18H19FNO4S+. The molecule has 2 aromatic rings. The van der Waals surface area contributed by atoms with Crippen molar-refractivity contribution >= 4 is 27.6 Å². The van der Waals surface area contributed by atoms with Crippen molar-refractivity contribution < 1.29 is 22.7 Å². The summed E-state index contributed by atoms with van der Waals surface area (Å²) in [7, 11) is -3.04. The maximum atomic E-state index is 13.9. The molecule has 0 aliphatic carbocycles. The number of halogens is 1. The number of amides is 1. The summed E-state index contributed by atoms with van der Waals surface area (Å²) in [6.45, 7) is 2.95. The van der Waals surface area contributed by atoms with E-state index in [1.807, 2.05) is 0 Å². The minimum atomic E-state index is -3.04. The van der Waals surface area contributed by atoms with Crippen molar-refractivity contribution in [1.82, 2.24) is 0 Å². The molecular weight excluding hydrogens is 345 g/mol. The molecule has 2 rings (SSSR count). The molecule has 0 aromatic heterocycles. The van der Waals surface area contributed by atoms with Crippen LogP contribution in [-0.2, 0) is 25.6 Å². The maximum Gasteiger partial charge on any atom is 0.247 e. The first-order chi connectivity index (χ1) is 11.7. The van der Waals surface area contributed by atoms with Crippen LogP contribution >= 0.6 is 0 Å². The Bertz CT molecular complexity index is 849. The van der Waals surface area contributed by atoms with Crippen LogP contribution < -0.4 is 5.32 Å². The first-order valence-corrected chi connectivity index (χ1v) is 9.35. The minimum Gasteiger partial charge on any atom is -0.323 e. The van der Waals surface area contributed by atoms with Crippen molar-refractivity contribution in [3.05, 3.63) is 59.4 Å². The molecule has 5 nitrogen and oxygen atoms in total. The lowest BCUT2D eigenvalue weighted by atomic mass is 10.1. The Hall–Kier alpha value is -2.38.